The number of nitrogens with zero attached hydrogens (tertiary/aromatic N) is 4. The van der Waals surface area contributed by atoms with Gasteiger partial charge in [-0.25, -0.2) is 4.98 Å². The predicted molar refractivity (Wildman–Crippen MR) is 140 cm³/mol. The van der Waals surface area contributed by atoms with Gasteiger partial charge in [0.1, 0.15) is 5.82 Å². The normalized spacial score (nSPS) is 16.3. The minimum atomic E-state index is -0.0358. The van der Waals surface area contributed by atoms with Crippen LogP contribution in [0.2, 0.25) is 5.02 Å². The second-order valence-electron chi connectivity index (χ2n) is 9.20. The van der Waals surface area contributed by atoms with Gasteiger partial charge in [0, 0.05) is 48.4 Å². The van der Waals surface area contributed by atoms with Gasteiger partial charge in [-0.05, 0) is 37.0 Å². The summed E-state index contributed by atoms with van der Waals surface area (Å²) in [5.74, 6) is 2.17. The van der Waals surface area contributed by atoms with Crippen LogP contribution in [0.4, 0.5) is 5.82 Å². The minimum absolute atomic E-state index is 0.0358. The fourth-order valence-electron chi connectivity index (χ4n) is 5.02. The van der Waals surface area contributed by atoms with Crippen LogP contribution in [0.1, 0.15) is 50.5 Å². The van der Waals surface area contributed by atoms with Gasteiger partial charge in [-0.1, -0.05) is 73.8 Å². The molecule has 0 aliphatic carbocycles. The van der Waals surface area contributed by atoms with Gasteiger partial charge in [0.2, 0.25) is 5.78 Å². The molecule has 0 spiro atoms. The van der Waals surface area contributed by atoms with Gasteiger partial charge in [0.15, 0.2) is 0 Å². The lowest BCUT2D eigenvalue weighted by Gasteiger charge is -2.36. The number of fused-ring (bicyclic) bond motifs is 1. The largest absolute Gasteiger partial charge is 0.357 e. The van der Waals surface area contributed by atoms with Gasteiger partial charge in [-0.15, -0.1) is 0 Å². The van der Waals surface area contributed by atoms with E-state index in [4.69, 9.17) is 16.6 Å². The van der Waals surface area contributed by atoms with Gasteiger partial charge in [-0.2, -0.15) is 0 Å². The molecule has 2 aromatic carbocycles. The zero-order chi connectivity index (χ0) is 23.5. The van der Waals surface area contributed by atoms with Crippen molar-refractivity contribution >= 4 is 23.2 Å². The molecular formula is C28H31ClN4O. The molecule has 1 saturated heterocycles. The fraction of sp³-hybridized carbons (Fsp3) is 0.357. The number of unbranched alkanes of at least 4 members (excludes halogenated alkanes) is 2. The number of benzene rings is 2. The molecule has 1 fully saturated rings. The van der Waals surface area contributed by atoms with E-state index >= 15 is 0 Å². The number of hydrogen-bond acceptors (Lipinski definition) is 3. The number of hydrogen-bond donors (Lipinski definition) is 0. The standard InChI is InChI=1S/C28H31ClN4O/c1-2-3-7-17-32-26(31-16-8-11-23(19-31)21-9-5-4-6-10-21)18-27(34)33-20-25(30-28(32)33)22-12-14-24(29)15-13-22/h4-6,9-10,12-15,18,20,23H,2-3,7-8,11,16-17,19H2,1H3. The van der Waals surface area contributed by atoms with Crippen LogP contribution in [0.15, 0.2) is 71.7 Å². The lowest BCUT2D eigenvalue weighted by Crippen LogP contribution is -2.37. The SMILES string of the molecule is CCCCCn1c(N2CCCC(c3ccccc3)C2)cc(=O)n2cc(-c3ccc(Cl)cc3)nc12. The first-order valence-corrected chi connectivity index (χ1v) is 12.7. The van der Waals surface area contributed by atoms with E-state index in [9.17, 15) is 4.79 Å². The monoisotopic (exact) mass is 474 g/mol. The molecule has 1 aliphatic heterocycles. The highest BCUT2D eigenvalue weighted by Crippen LogP contribution is 2.31. The smallest absolute Gasteiger partial charge is 0.261 e. The van der Waals surface area contributed by atoms with E-state index in [1.165, 1.54) is 12.0 Å². The quantitative estimate of drug-likeness (QED) is 0.291. The Morgan fingerprint density at radius 2 is 1.85 bits per heavy atom. The number of halogens is 1. The van der Waals surface area contributed by atoms with Crippen LogP contribution in [-0.2, 0) is 6.54 Å². The highest BCUT2D eigenvalue weighted by molar-refractivity contribution is 6.30. The summed E-state index contributed by atoms with van der Waals surface area (Å²) >= 11 is 6.08. The Hall–Kier alpha value is -3.05. The third-order valence-corrected chi connectivity index (χ3v) is 7.09. The van der Waals surface area contributed by atoms with Crippen molar-refractivity contribution in [2.24, 2.45) is 0 Å². The molecule has 1 atom stereocenters. The van der Waals surface area contributed by atoms with Crippen molar-refractivity contribution in [3.8, 4) is 11.3 Å². The molecule has 5 nitrogen and oxygen atoms in total. The van der Waals surface area contributed by atoms with E-state index in [1.807, 2.05) is 30.5 Å². The van der Waals surface area contributed by atoms with Crippen LogP contribution in [0.5, 0.6) is 0 Å². The van der Waals surface area contributed by atoms with Crippen LogP contribution >= 0.6 is 11.6 Å². The maximum atomic E-state index is 13.2. The summed E-state index contributed by atoms with van der Waals surface area (Å²) in [5, 5.41) is 0.687. The number of aromatic nitrogens is 3. The third-order valence-electron chi connectivity index (χ3n) is 6.84. The lowest BCUT2D eigenvalue weighted by atomic mass is 9.91. The first-order chi connectivity index (χ1) is 16.6. The second-order valence-corrected chi connectivity index (χ2v) is 9.63. The summed E-state index contributed by atoms with van der Waals surface area (Å²) < 4.78 is 3.95. The molecule has 0 radical (unpaired) electrons. The second kappa shape index (κ2) is 10.1. The average molecular weight is 475 g/mol. The van der Waals surface area contributed by atoms with Gasteiger partial charge < -0.3 is 4.90 Å². The Balaban J connectivity index is 1.56. The molecule has 0 amide bonds. The number of rotatable bonds is 7. The highest BCUT2D eigenvalue weighted by Gasteiger charge is 2.25. The summed E-state index contributed by atoms with van der Waals surface area (Å²) in [6.07, 6.45) is 7.49. The van der Waals surface area contributed by atoms with E-state index in [1.54, 1.807) is 10.5 Å². The molecule has 1 unspecified atom stereocenters. The van der Waals surface area contributed by atoms with Crippen molar-refractivity contribution in [3.05, 3.63) is 87.8 Å². The maximum absolute atomic E-state index is 13.2. The van der Waals surface area contributed by atoms with Crippen molar-refractivity contribution in [2.45, 2.75) is 51.5 Å². The molecule has 0 bridgehead atoms. The minimum Gasteiger partial charge on any atom is -0.357 e. The third kappa shape index (κ3) is 4.62. The van der Waals surface area contributed by atoms with Gasteiger partial charge in [0.25, 0.3) is 5.56 Å². The molecule has 3 heterocycles. The van der Waals surface area contributed by atoms with Crippen molar-refractivity contribution in [1.29, 1.82) is 0 Å². The Kier molecular flexibility index (Phi) is 6.73. The highest BCUT2D eigenvalue weighted by atomic mass is 35.5. The molecule has 34 heavy (non-hydrogen) atoms. The molecule has 0 N–H and O–H groups in total. The number of aryl methyl sites for hydroxylation is 1. The van der Waals surface area contributed by atoms with Crippen LogP contribution < -0.4 is 10.5 Å². The number of anilines is 1. The Morgan fingerprint density at radius 1 is 1.06 bits per heavy atom. The molecule has 5 rings (SSSR count). The Bertz CT molecular complexity index is 1310. The molecule has 176 valence electrons. The Morgan fingerprint density at radius 3 is 2.62 bits per heavy atom. The summed E-state index contributed by atoms with van der Waals surface area (Å²) in [6, 6.07) is 20.2. The maximum Gasteiger partial charge on any atom is 0.261 e. The fourth-order valence-corrected chi connectivity index (χ4v) is 5.15. The Labute approximate surface area is 205 Å². The van der Waals surface area contributed by atoms with Crippen LogP contribution in [-0.4, -0.2) is 27.0 Å². The first kappa shape index (κ1) is 22.7. The van der Waals surface area contributed by atoms with E-state index in [-0.39, 0.29) is 5.56 Å². The zero-order valence-corrected chi connectivity index (χ0v) is 20.4. The van der Waals surface area contributed by atoms with Crippen molar-refractivity contribution < 1.29 is 0 Å². The molecule has 0 saturated carbocycles. The van der Waals surface area contributed by atoms with Crippen molar-refractivity contribution in [2.75, 3.05) is 18.0 Å². The molecule has 2 aromatic heterocycles. The van der Waals surface area contributed by atoms with E-state index in [0.717, 1.165) is 62.4 Å². The number of piperidine rings is 1. The first-order valence-electron chi connectivity index (χ1n) is 12.3. The predicted octanol–water partition coefficient (Wildman–Crippen LogP) is 6.39. The number of imidazole rings is 1. The summed E-state index contributed by atoms with van der Waals surface area (Å²) in [5.41, 5.74) is 3.08. The van der Waals surface area contributed by atoms with Gasteiger partial charge in [0.05, 0.1) is 5.69 Å². The summed E-state index contributed by atoms with van der Waals surface area (Å²) in [6.45, 7) is 4.93. The van der Waals surface area contributed by atoms with Crippen molar-refractivity contribution in [3.63, 3.8) is 0 Å². The van der Waals surface area contributed by atoms with Crippen LogP contribution in [0.25, 0.3) is 17.0 Å². The molecule has 4 aromatic rings. The van der Waals surface area contributed by atoms with E-state index in [0.29, 0.717) is 16.7 Å². The molecule has 1 aliphatic rings. The zero-order valence-electron chi connectivity index (χ0n) is 19.7. The molecular weight excluding hydrogens is 444 g/mol. The van der Waals surface area contributed by atoms with E-state index < -0.39 is 0 Å². The van der Waals surface area contributed by atoms with E-state index in [2.05, 4.69) is 46.7 Å². The lowest BCUT2D eigenvalue weighted by molar-refractivity contribution is 0.494. The topological polar surface area (TPSA) is 42.5 Å². The van der Waals surface area contributed by atoms with Gasteiger partial charge >= 0.3 is 0 Å². The summed E-state index contributed by atoms with van der Waals surface area (Å²) in [4.78, 5) is 20.6. The molecule has 6 heteroatoms. The van der Waals surface area contributed by atoms with Gasteiger partial charge in [-0.3, -0.25) is 13.8 Å². The van der Waals surface area contributed by atoms with Crippen LogP contribution in [0.3, 0.4) is 0 Å². The summed E-state index contributed by atoms with van der Waals surface area (Å²) in [7, 11) is 0. The van der Waals surface area contributed by atoms with Crippen LogP contribution in [0, 0.1) is 0 Å². The van der Waals surface area contributed by atoms with Crippen molar-refractivity contribution in [1.82, 2.24) is 14.0 Å². The average Bonchev–Trinajstić information content (AvgIpc) is 3.33.